The highest BCUT2D eigenvalue weighted by Gasteiger charge is 2.19. The second-order valence-electron chi connectivity index (χ2n) is 7.78. The lowest BCUT2D eigenvalue weighted by Gasteiger charge is -2.15. The zero-order chi connectivity index (χ0) is 20.1. The highest BCUT2D eigenvalue weighted by molar-refractivity contribution is 6.33. The van der Waals surface area contributed by atoms with Gasteiger partial charge >= 0.3 is 0 Å². The number of aromatic nitrogens is 3. The van der Waals surface area contributed by atoms with Crippen LogP contribution in [0.1, 0.15) is 52.3 Å². The van der Waals surface area contributed by atoms with Crippen molar-refractivity contribution >= 4 is 23.2 Å². The Morgan fingerprint density at radius 2 is 2.07 bits per heavy atom. The minimum absolute atomic E-state index is 0.169. The van der Waals surface area contributed by atoms with Crippen molar-refractivity contribution in [2.45, 2.75) is 65.5 Å². The van der Waals surface area contributed by atoms with Gasteiger partial charge in [0, 0.05) is 30.8 Å². The summed E-state index contributed by atoms with van der Waals surface area (Å²) in [5, 5.41) is 12.2. The minimum atomic E-state index is -0.512. The zero-order valence-corrected chi connectivity index (χ0v) is 17.6. The summed E-state index contributed by atoms with van der Waals surface area (Å²) in [6, 6.07) is 5.45. The first kappa shape index (κ1) is 20.8. The molecule has 1 unspecified atom stereocenters. The molecule has 3 rings (SSSR count). The third-order valence-electron chi connectivity index (χ3n) is 5.02. The van der Waals surface area contributed by atoms with Crippen LogP contribution >= 0.6 is 11.6 Å². The molecule has 152 valence electrons. The fourth-order valence-electron chi connectivity index (χ4n) is 3.26. The van der Waals surface area contributed by atoms with E-state index in [4.69, 9.17) is 16.3 Å². The van der Waals surface area contributed by atoms with E-state index in [1.54, 1.807) is 19.1 Å². The van der Waals surface area contributed by atoms with Gasteiger partial charge in [-0.25, -0.2) is 0 Å². The maximum absolute atomic E-state index is 12.4. The summed E-state index contributed by atoms with van der Waals surface area (Å²) in [6.45, 7) is 7.50. The van der Waals surface area contributed by atoms with Crippen molar-refractivity contribution < 1.29 is 9.53 Å². The summed E-state index contributed by atoms with van der Waals surface area (Å²) in [4.78, 5) is 12.4. The fourth-order valence-corrected chi connectivity index (χ4v) is 3.46. The first-order valence-electron chi connectivity index (χ1n) is 10.1. The molecule has 1 amide bonds. The topological polar surface area (TPSA) is 69.0 Å². The van der Waals surface area contributed by atoms with Crippen LogP contribution in [0, 0.1) is 5.92 Å². The standard InChI is InChI=1S/C21H29ClN4O2/c1-14(2)10-12-28-15(3)21(27)23-16-8-9-18(22)17(13-16)20-25-24-19-7-5-4-6-11-26(19)20/h8-9,13-15H,4-7,10-12H2,1-3H3,(H,23,27). The van der Waals surface area contributed by atoms with Crippen molar-refractivity contribution in [3.8, 4) is 11.4 Å². The average molecular weight is 405 g/mol. The first-order valence-corrected chi connectivity index (χ1v) is 10.5. The Labute approximate surface area is 171 Å². The van der Waals surface area contributed by atoms with Crippen LogP contribution in [-0.2, 0) is 22.5 Å². The van der Waals surface area contributed by atoms with E-state index in [2.05, 4.69) is 33.9 Å². The van der Waals surface area contributed by atoms with Gasteiger partial charge in [0.1, 0.15) is 11.9 Å². The van der Waals surface area contributed by atoms with E-state index >= 15 is 0 Å². The molecule has 2 aromatic rings. The smallest absolute Gasteiger partial charge is 0.253 e. The Balaban J connectivity index is 1.74. The summed E-state index contributed by atoms with van der Waals surface area (Å²) in [6.07, 6.45) is 4.80. The minimum Gasteiger partial charge on any atom is -0.369 e. The Kier molecular flexibility index (Phi) is 7.08. The van der Waals surface area contributed by atoms with Gasteiger partial charge in [0.15, 0.2) is 5.82 Å². The SMILES string of the molecule is CC(C)CCOC(C)C(=O)Nc1ccc(Cl)c(-c2nnc3n2CCCCC3)c1. The number of nitrogens with one attached hydrogen (secondary N) is 1. The lowest BCUT2D eigenvalue weighted by Crippen LogP contribution is -2.28. The van der Waals surface area contributed by atoms with Crippen LogP contribution in [0.5, 0.6) is 0 Å². The van der Waals surface area contributed by atoms with Gasteiger partial charge in [0.2, 0.25) is 0 Å². The number of amides is 1. The van der Waals surface area contributed by atoms with Crippen LogP contribution in [0.25, 0.3) is 11.4 Å². The largest absolute Gasteiger partial charge is 0.369 e. The summed E-state index contributed by atoms with van der Waals surface area (Å²) in [7, 11) is 0. The Hall–Kier alpha value is -1.92. The highest BCUT2D eigenvalue weighted by atomic mass is 35.5. The lowest BCUT2D eigenvalue weighted by molar-refractivity contribution is -0.126. The van der Waals surface area contributed by atoms with Gasteiger partial charge in [-0.3, -0.25) is 4.79 Å². The predicted molar refractivity (Wildman–Crippen MR) is 112 cm³/mol. The molecule has 7 heteroatoms. The molecule has 28 heavy (non-hydrogen) atoms. The van der Waals surface area contributed by atoms with Gasteiger partial charge in [-0.05, 0) is 50.3 Å². The van der Waals surface area contributed by atoms with Gasteiger partial charge in [0.05, 0.1) is 5.02 Å². The van der Waals surface area contributed by atoms with E-state index in [9.17, 15) is 4.79 Å². The van der Waals surface area contributed by atoms with E-state index in [1.807, 2.05) is 6.07 Å². The average Bonchev–Trinajstić information content (AvgIpc) is 2.90. The maximum Gasteiger partial charge on any atom is 0.253 e. The number of carbonyl (C=O) groups excluding carboxylic acids is 1. The Bertz CT molecular complexity index is 819. The molecule has 0 radical (unpaired) electrons. The molecular formula is C21H29ClN4O2. The van der Waals surface area contributed by atoms with Gasteiger partial charge in [-0.1, -0.05) is 31.9 Å². The quantitative estimate of drug-likeness (QED) is 0.725. The van der Waals surface area contributed by atoms with E-state index in [1.165, 1.54) is 6.42 Å². The third kappa shape index (κ3) is 5.11. The molecule has 0 saturated heterocycles. The van der Waals surface area contributed by atoms with E-state index in [0.717, 1.165) is 49.4 Å². The number of rotatable bonds is 7. The Morgan fingerprint density at radius 1 is 1.25 bits per heavy atom. The molecule has 1 N–H and O–H groups in total. The van der Waals surface area contributed by atoms with Crippen molar-refractivity contribution in [2.24, 2.45) is 5.92 Å². The van der Waals surface area contributed by atoms with Crippen LogP contribution < -0.4 is 5.32 Å². The van der Waals surface area contributed by atoms with E-state index in [0.29, 0.717) is 23.2 Å². The number of hydrogen-bond donors (Lipinski definition) is 1. The third-order valence-corrected chi connectivity index (χ3v) is 5.35. The summed E-state index contributed by atoms with van der Waals surface area (Å²) >= 11 is 6.45. The number of hydrogen-bond acceptors (Lipinski definition) is 4. The van der Waals surface area contributed by atoms with Crippen molar-refractivity contribution in [1.29, 1.82) is 0 Å². The fraction of sp³-hybridized carbons (Fsp3) is 0.571. The van der Waals surface area contributed by atoms with Crippen LogP contribution in [0.15, 0.2) is 18.2 Å². The van der Waals surface area contributed by atoms with Crippen molar-refractivity contribution in [1.82, 2.24) is 14.8 Å². The normalized spacial score (nSPS) is 15.2. The van der Waals surface area contributed by atoms with Gasteiger partial charge in [-0.15, -0.1) is 10.2 Å². The number of ether oxygens (including phenoxy) is 1. The molecule has 0 spiro atoms. The van der Waals surface area contributed by atoms with Crippen molar-refractivity contribution in [3.05, 3.63) is 29.0 Å². The van der Waals surface area contributed by atoms with Gasteiger partial charge < -0.3 is 14.6 Å². The number of carbonyl (C=O) groups is 1. The molecule has 0 aliphatic carbocycles. The number of nitrogens with zero attached hydrogens (tertiary/aromatic N) is 3. The molecule has 1 atom stereocenters. The molecule has 1 aliphatic heterocycles. The van der Waals surface area contributed by atoms with E-state index < -0.39 is 6.10 Å². The lowest BCUT2D eigenvalue weighted by atomic mass is 10.1. The number of fused-ring (bicyclic) bond motifs is 1. The summed E-state index contributed by atoms with van der Waals surface area (Å²) in [5.41, 5.74) is 1.46. The summed E-state index contributed by atoms with van der Waals surface area (Å²) in [5.74, 6) is 2.15. The predicted octanol–water partition coefficient (Wildman–Crippen LogP) is 4.71. The molecular weight excluding hydrogens is 376 g/mol. The van der Waals surface area contributed by atoms with Crippen LogP contribution in [-0.4, -0.2) is 33.4 Å². The van der Waals surface area contributed by atoms with Crippen LogP contribution in [0.2, 0.25) is 5.02 Å². The molecule has 1 aromatic heterocycles. The van der Waals surface area contributed by atoms with Crippen molar-refractivity contribution in [2.75, 3.05) is 11.9 Å². The maximum atomic E-state index is 12.4. The van der Waals surface area contributed by atoms with Gasteiger partial charge in [0.25, 0.3) is 5.91 Å². The molecule has 1 aromatic carbocycles. The zero-order valence-electron chi connectivity index (χ0n) is 16.9. The second-order valence-corrected chi connectivity index (χ2v) is 8.19. The number of benzene rings is 1. The van der Waals surface area contributed by atoms with Crippen LogP contribution in [0.4, 0.5) is 5.69 Å². The molecule has 6 nitrogen and oxygen atoms in total. The number of aryl methyl sites for hydroxylation is 1. The highest BCUT2D eigenvalue weighted by Crippen LogP contribution is 2.31. The second kappa shape index (κ2) is 9.52. The van der Waals surface area contributed by atoms with Crippen molar-refractivity contribution in [3.63, 3.8) is 0 Å². The summed E-state index contributed by atoms with van der Waals surface area (Å²) < 4.78 is 7.79. The number of halogens is 1. The van der Waals surface area contributed by atoms with E-state index in [-0.39, 0.29) is 5.91 Å². The molecule has 2 heterocycles. The van der Waals surface area contributed by atoms with Gasteiger partial charge in [-0.2, -0.15) is 0 Å². The Morgan fingerprint density at radius 3 is 2.86 bits per heavy atom. The molecule has 0 saturated carbocycles. The molecule has 1 aliphatic rings. The van der Waals surface area contributed by atoms with Crippen LogP contribution in [0.3, 0.4) is 0 Å². The number of anilines is 1. The molecule has 0 fully saturated rings. The molecule has 0 bridgehead atoms. The monoisotopic (exact) mass is 404 g/mol. The first-order chi connectivity index (χ1) is 13.5.